The second-order valence-electron chi connectivity index (χ2n) is 11.4. The van der Waals surface area contributed by atoms with Crippen LogP contribution < -0.4 is 0 Å². The summed E-state index contributed by atoms with van der Waals surface area (Å²) in [5.74, 6) is 0.177. The fourth-order valence-electron chi connectivity index (χ4n) is 5.17. The van der Waals surface area contributed by atoms with Gasteiger partial charge in [0.05, 0.1) is 12.5 Å². The number of aliphatic hydroxyl groups is 1. The molecule has 0 aromatic rings. The molecule has 0 rings (SSSR count). The number of nitrogens with zero attached hydrogens (tertiary/aromatic N) is 1. The molecular formula is C33H67NO4. The van der Waals surface area contributed by atoms with Gasteiger partial charge in [-0.2, -0.15) is 0 Å². The SMILES string of the molecule is CCCCCCCCC(CCCCCC)C(=O)OCCCCCCN(CCCCO)CCCCCCOC. The summed E-state index contributed by atoms with van der Waals surface area (Å²) in [4.78, 5) is 15.4. The molecule has 0 aromatic carbocycles. The highest BCUT2D eigenvalue weighted by atomic mass is 16.5. The molecule has 0 saturated carbocycles. The topological polar surface area (TPSA) is 59.0 Å². The molecule has 5 nitrogen and oxygen atoms in total. The Bertz CT molecular complexity index is 474. The Labute approximate surface area is 237 Å². The van der Waals surface area contributed by atoms with E-state index in [1.807, 2.05) is 0 Å². The standard InChI is InChI=1S/C33H67NO4/c1-4-6-8-10-11-17-25-32(24-16-9-7-5-2)33(36)38-31-23-15-13-19-27-34(28-20-21-29-35)26-18-12-14-22-30-37-3/h32,35H,4-31H2,1-3H3. The summed E-state index contributed by atoms with van der Waals surface area (Å²) in [7, 11) is 1.77. The number of hydrogen-bond donors (Lipinski definition) is 1. The Kier molecular flexibility index (Phi) is 30.4. The van der Waals surface area contributed by atoms with Gasteiger partial charge in [-0.1, -0.05) is 104 Å². The van der Waals surface area contributed by atoms with Crippen molar-refractivity contribution in [1.82, 2.24) is 4.90 Å². The van der Waals surface area contributed by atoms with Crippen LogP contribution in [0.2, 0.25) is 0 Å². The van der Waals surface area contributed by atoms with Crippen molar-refractivity contribution in [2.45, 2.75) is 155 Å². The van der Waals surface area contributed by atoms with Crippen LogP contribution in [0.15, 0.2) is 0 Å². The van der Waals surface area contributed by atoms with Crippen LogP contribution in [0.1, 0.15) is 155 Å². The van der Waals surface area contributed by atoms with Crippen molar-refractivity contribution < 1.29 is 19.4 Å². The fraction of sp³-hybridized carbons (Fsp3) is 0.970. The van der Waals surface area contributed by atoms with Gasteiger partial charge in [-0.05, 0) is 71.0 Å². The average molecular weight is 542 g/mol. The van der Waals surface area contributed by atoms with Gasteiger partial charge < -0.3 is 19.5 Å². The Morgan fingerprint density at radius 3 is 1.61 bits per heavy atom. The molecule has 1 atom stereocenters. The minimum Gasteiger partial charge on any atom is -0.465 e. The summed E-state index contributed by atoms with van der Waals surface area (Å²) in [6.45, 7) is 9.64. The summed E-state index contributed by atoms with van der Waals surface area (Å²) in [6, 6.07) is 0. The molecule has 0 saturated heterocycles. The van der Waals surface area contributed by atoms with Crippen molar-refractivity contribution in [1.29, 1.82) is 0 Å². The highest BCUT2D eigenvalue weighted by Crippen LogP contribution is 2.20. The van der Waals surface area contributed by atoms with E-state index in [0.717, 1.165) is 77.6 Å². The second kappa shape index (κ2) is 30.9. The first kappa shape index (κ1) is 37.4. The number of carbonyl (C=O) groups is 1. The fourth-order valence-corrected chi connectivity index (χ4v) is 5.17. The molecule has 0 amide bonds. The van der Waals surface area contributed by atoms with Crippen LogP contribution in [0.3, 0.4) is 0 Å². The third-order valence-electron chi connectivity index (χ3n) is 7.71. The van der Waals surface area contributed by atoms with E-state index in [4.69, 9.17) is 14.6 Å². The van der Waals surface area contributed by atoms with Crippen LogP contribution in [0.5, 0.6) is 0 Å². The number of esters is 1. The molecule has 0 bridgehead atoms. The van der Waals surface area contributed by atoms with Crippen molar-refractivity contribution in [3.05, 3.63) is 0 Å². The van der Waals surface area contributed by atoms with Gasteiger partial charge in [-0.25, -0.2) is 0 Å². The molecule has 0 radical (unpaired) electrons. The highest BCUT2D eigenvalue weighted by molar-refractivity contribution is 5.72. The molecule has 0 aliphatic heterocycles. The lowest BCUT2D eigenvalue weighted by atomic mass is 9.94. The lowest BCUT2D eigenvalue weighted by molar-refractivity contribution is -0.149. The summed E-state index contributed by atoms with van der Waals surface area (Å²) < 4.78 is 10.9. The number of hydrogen-bond acceptors (Lipinski definition) is 5. The quantitative estimate of drug-likeness (QED) is 0.0702. The van der Waals surface area contributed by atoms with Gasteiger partial charge in [0.1, 0.15) is 0 Å². The van der Waals surface area contributed by atoms with E-state index in [2.05, 4.69) is 18.7 Å². The minimum absolute atomic E-state index is 0.0654. The van der Waals surface area contributed by atoms with E-state index in [0.29, 0.717) is 13.2 Å². The van der Waals surface area contributed by atoms with Crippen molar-refractivity contribution in [3.8, 4) is 0 Å². The summed E-state index contributed by atoms with van der Waals surface area (Å²) in [5.41, 5.74) is 0. The molecule has 1 unspecified atom stereocenters. The van der Waals surface area contributed by atoms with Crippen LogP contribution in [-0.4, -0.2) is 62.5 Å². The average Bonchev–Trinajstić information content (AvgIpc) is 2.92. The van der Waals surface area contributed by atoms with E-state index >= 15 is 0 Å². The van der Waals surface area contributed by atoms with E-state index in [-0.39, 0.29) is 11.9 Å². The largest absolute Gasteiger partial charge is 0.465 e. The van der Waals surface area contributed by atoms with E-state index < -0.39 is 0 Å². The number of rotatable bonds is 31. The molecule has 0 spiro atoms. The van der Waals surface area contributed by atoms with Crippen LogP contribution in [0.4, 0.5) is 0 Å². The molecule has 0 heterocycles. The lowest BCUT2D eigenvalue weighted by Gasteiger charge is -2.22. The van der Waals surface area contributed by atoms with E-state index in [1.54, 1.807) is 7.11 Å². The Balaban J connectivity index is 4.13. The second-order valence-corrected chi connectivity index (χ2v) is 11.4. The predicted molar refractivity (Wildman–Crippen MR) is 163 cm³/mol. The third kappa shape index (κ3) is 25.6. The van der Waals surface area contributed by atoms with Crippen molar-refractivity contribution in [2.75, 3.05) is 46.6 Å². The monoisotopic (exact) mass is 542 g/mol. The number of methoxy groups -OCH3 is 1. The van der Waals surface area contributed by atoms with Crippen LogP contribution >= 0.6 is 0 Å². The molecule has 0 aliphatic carbocycles. The molecule has 0 aromatic heterocycles. The molecule has 1 N–H and O–H groups in total. The van der Waals surface area contributed by atoms with Gasteiger partial charge in [-0.15, -0.1) is 0 Å². The number of ether oxygens (including phenoxy) is 2. The molecule has 0 aliphatic rings. The smallest absolute Gasteiger partial charge is 0.308 e. The van der Waals surface area contributed by atoms with Crippen LogP contribution in [0, 0.1) is 5.92 Å². The molecule has 38 heavy (non-hydrogen) atoms. The molecular weight excluding hydrogens is 474 g/mol. The summed E-state index contributed by atoms with van der Waals surface area (Å²) in [5, 5.41) is 9.13. The maximum atomic E-state index is 12.8. The molecule has 5 heteroatoms. The summed E-state index contributed by atoms with van der Waals surface area (Å²) in [6.07, 6.45) is 26.0. The van der Waals surface area contributed by atoms with Gasteiger partial charge in [0, 0.05) is 20.3 Å². The molecule has 0 fully saturated rings. The Morgan fingerprint density at radius 1 is 0.605 bits per heavy atom. The van der Waals surface area contributed by atoms with Gasteiger partial charge >= 0.3 is 5.97 Å². The number of aliphatic hydroxyl groups excluding tert-OH is 1. The number of unbranched alkanes of at least 4 members (excludes halogenated alkanes) is 15. The van der Waals surface area contributed by atoms with Crippen molar-refractivity contribution >= 4 is 5.97 Å². The Hall–Kier alpha value is -0.650. The zero-order chi connectivity index (χ0) is 27.9. The Morgan fingerprint density at radius 2 is 1.05 bits per heavy atom. The zero-order valence-corrected chi connectivity index (χ0v) is 26.0. The van der Waals surface area contributed by atoms with Gasteiger partial charge in [-0.3, -0.25) is 4.79 Å². The van der Waals surface area contributed by atoms with Gasteiger partial charge in [0.25, 0.3) is 0 Å². The normalized spacial score (nSPS) is 12.3. The highest BCUT2D eigenvalue weighted by Gasteiger charge is 2.19. The van der Waals surface area contributed by atoms with Crippen LogP contribution in [0.25, 0.3) is 0 Å². The predicted octanol–water partition coefficient (Wildman–Crippen LogP) is 8.71. The maximum Gasteiger partial charge on any atom is 0.308 e. The summed E-state index contributed by atoms with van der Waals surface area (Å²) >= 11 is 0. The first-order chi connectivity index (χ1) is 18.7. The lowest BCUT2D eigenvalue weighted by Crippen LogP contribution is -2.27. The zero-order valence-electron chi connectivity index (χ0n) is 26.0. The van der Waals surface area contributed by atoms with Crippen molar-refractivity contribution in [3.63, 3.8) is 0 Å². The van der Waals surface area contributed by atoms with E-state index in [1.165, 1.54) is 89.9 Å². The minimum atomic E-state index is 0.0654. The first-order valence-corrected chi connectivity index (χ1v) is 16.7. The number of carbonyl (C=O) groups excluding carboxylic acids is 1. The van der Waals surface area contributed by atoms with Crippen LogP contribution in [-0.2, 0) is 14.3 Å². The van der Waals surface area contributed by atoms with E-state index in [9.17, 15) is 4.79 Å². The van der Waals surface area contributed by atoms with Crippen molar-refractivity contribution in [2.24, 2.45) is 5.92 Å². The third-order valence-corrected chi connectivity index (χ3v) is 7.71. The van der Waals surface area contributed by atoms with Gasteiger partial charge in [0.15, 0.2) is 0 Å². The van der Waals surface area contributed by atoms with Gasteiger partial charge in [0.2, 0.25) is 0 Å². The first-order valence-electron chi connectivity index (χ1n) is 16.7. The maximum absolute atomic E-state index is 12.8. The molecule has 228 valence electrons.